The highest BCUT2D eigenvalue weighted by Crippen LogP contribution is 2.43. The van der Waals surface area contributed by atoms with E-state index in [0.717, 1.165) is 32.5 Å². The first-order chi connectivity index (χ1) is 9.11. The Bertz CT molecular complexity index is 442. The topological polar surface area (TPSA) is 77.4 Å². The standard InChI is InChI=1S/C13H22N4O2/c1-3-17-6-7-18-10(8-17)11-15-12(19-16-11)13(2,14)9-4-5-9/h9-10H,3-8,14H2,1-2H3. The quantitative estimate of drug-likeness (QED) is 0.877. The lowest BCUT2D eigenvalue weighted by molar-refractivity contribution is -0.0334. The molecule has 0 radical (unpaired) electrons. The first kappa shape index (κ1) is 13.0. The van der Waals surface area contributed by atoms with Gasteiger partial charge in [0.15, 0.2) is 0 Å². The van der Waals surface area contributed by atoms with Crippen molar-refractivity contribution in [3.8, 4) is 0 Å². The zero-order chi connectivity index (χ0) is 13.5. The minimum atomic E-state index is -0.496. The highest BCUT2D eigenvalue weighted by molar-refractivity contribution is 5.08. The van der Waals surface area contributed by atoms with E-state index in [2.05, 4.69) is 22.0 Å². The van der Waals surface area contributed by atoms with Gasteiger partial charge in [-0.1, -0.05) is 12.1 Å². The molecule has 0 aromatic carbocycles. The fourth-order valence-corrected chi connectivity index (χ4v) is 2.59. The molecule has 2 unspecified atom stereocenters. The molecule has 19 heavy (non-hydrogen) atoms. The van der Waals surface area contributed by atoms with Crippen LogP contribution in [0, 0.1) is 5.92 Å². The molecule has 1 saturated carbocycles. The van der Waals surface area contributed by atoms with Gasteiger partial charge in [-0.15, -0.1) is 0 Å². The van der Waals surface area contributed by atoms with E-state index in [1.165, 1.54) is 0 Å². The third-order valence-corrected chi connectivity index (χ3v) is 4.21. The van der Waals surface area contributed by atoms with Crippen molar-refractivity contribution in [3.63, 3.8) is 0 Å². The highest BCUT2D eigenvalue weighted by atomic mass is 16.5. The maximum Gasteiger partial charge on any atom is 0.246 e. The van der Waals surface area contributed by atoms with Gasteiger partial charge in [0.25, 0.3) is 0 Å². The number of nitrogens with zero attached hydrogens (tertiary/aromatic N) is 3. The Morgan fingerprint density at radius 2 is 2.26 bits per heavy atom. The van der Waals surface area contributed by atoms with Crippen LogP contribution in [0.5, 0.6) is 0 Å². The zero-order valence-corrected chi connectivity index (χ0v) is 11.6. The summed E-state index contributed by atoms with van der Waals surface area (Å²) in [4.78, 5) is 6.81. The van der Waals surface area contributed by atoms with Crippen molar-refractivity contribution in [3.05, 3.63) is 11.7 Å². The predicted molar refractivity (Wildman–Crippen MR) is 69.4 cm³/mol. The lowest BCUT2D eigenvalue weighted by Gasteiger charge is -2.30. The Morgan fingerprint density at radius 1 is 1.47 bits per heavy atom. The molecule has 2 N–H and O–H groups in total. The molecule has 2 atom stereocenters. The third-order valence-electron chi connectivity index (χ3n) is 4.21. The van der Waals surface area contributed by atoms with Crippen molar-refractivity contribution in [2.75, 3.05) is 26.2 Å². The van der Waals surface area contributed by atoms with Gasteiger partial charge < -0.3 is 15.0 Å². The summed E-state index contributed by atoms with van der Waals surface area (Å²) in [6, 6.07) is 0. The molecule has 0 bridgehead atoms. The van der Waals surface area contributed by atoms with E-state index in [-0.39, 0.29) is 6.10 Å². The van der Waals surface area contributed by atoms with Crippen LogP contribution in [0.25, 0.3) is 0 Å². The average molecular weight is 266 g/mol. The van der Waals surface area contributed by atoms with Gasteiger partial charge in [-0.3, -0.25) is 4.90 Å². The summed E-state index contributed by atoms with van der Waals surface area (Å²) in [5, 5.41) is 4.07. The molecule has 106 valence electrons. The van der Waals surface area contributed by atoms with Crippen molar-refractivity contribution < 1.29 is 9.26 Å². The molecular formula is C13H22N4O2. The summed E-state index contributed by atoms with van der Waals surface area (Å²) in [6.45, 7) is 7.64. The number of rotatable bonds is 4. The van der Waals surface area contributed by atoms with Gasteiger partial charge in [0.1, 0.15) is 6.10 Å². The van der Waals surface area contributed by atoms with Crippen LogP contribution in [0.15, 0.2) is 4.52 Å². The molecule has 0 amide bonds. The van der Waals surface area contributed by atoms with Crippen LogP contribution in [-0.4, -0.2) is 41.3 Å². The number of morpholine rings is 1. The van der Waals surface area contributed by atoms with Gasteiger partial charge in [-0.05, 0) is 32.2 Å². The van der Waals surface area contributed by atoms with E-state index in [4.69, 9.17) is 15.0 Å². The summed E-state index contributed by atoms with van der Waals surface area (Å²) in [6.07, 6.45) is 2.20. The number of hydrogen-bond acceptors (Lipinski definition) is 6. The van der Waals surface area contributed by atoms with E-state index >= 15 is 0 Å². The van der Waals surface area contributed by atoms with E-state index in [9.17, 15) is 0 Å². The zero-order valence-electron chi connectivity index (χ0n) is 11.6. The maximum atomic E-state index is 6.29. The minimum Gasteiger partial charge on any atom is -0.367 e. The highest BCUT2D eigenvalue weighted by Gasteiger charge is 2.44. The molecule has 6 nitrogen and oxygen atoms in total. The Morgan fingerprint density at radius 3 is 2.95 bits per heavy atom. The first-order valence-electron chi connectivity index (χ1n) is 7.08. The smallest absolute Gasteiger partial charge is 0.246 e. The van der Waals surface area contributed by atoms with E-state index in [1.54, 1.807) is 0 Å². The molecule has 2 aliphatic rings. The monoisotopic (exact) mass is 266 g/mol. The second-order valence-corrected chi connectivity index (χ2v) is 5.77. The second-order valence-electron chi connectivity index (χ2n) is 5.77. The van der Waals surface area contributed by atoms with Crippen molar-refractivity contribution >= 4 is 0 Å². The maximum absolute atomic E-state index is 6.29. The molecule has 1 saturated heterocycles. The van der Waals surface area contributed by atoms with Crippen LogP contribution >= 0.6 is 0 Å². The van der Waals surface area contributed by atoms with Crippen LogP contribution in [0.1, 0.15) is 44.5 Å². The van der Waals surface area contributed by atoms with Gasteiger partial charge in [-0.25, -0.2) is 0 Å². The molecule has 0 spiro atoms. The van der Waals surface area contributed by atoms with Gasteiger partial charge in [0, 0.05) is 13.1 Å². The van der Waals surface area contributed by atoms with Crippen LogP contribution in [-0.2, 0) is 10.3 Å². The third kappa shape index (κ3) is 2.52. The molecule has 1 aromatic heterocycles. The Balaban J connectivity index is 1.73. The SMILES string of the molecule is CCN1CCOC(c2noc(C(C)(N)C3CC3)n2)C1. The van der Waals surface area contributed by atoms with Crippen molar-refractivity contribution in [1.29, 1.82) is 0 Å². The molecule has 1 aliphatic carbocycles. The van der Waals surface area contributed by atoms with Gasteiger partial charge in [-0.2, -0.15) is 4.98 Å². The minimum absolute atomic E-state index is 0.0961. The fraction of sp³-hybridized carbons (Fsp3) is 0.846. The Hall–Kier alpha value is -0.980. The average Bonchev–Trinajstić information content (AvgIpc) is 3.17. The molecule has 1 aliphatic heterocycles. The van der Waals surface area contributed by atoms with Gasteiger partial charge in [0.05, 0.1) is 12.1 Å². The number of aromatic nitrogens is 2. The van der Waals surface area contributed by atoms with Crippen LogP contribution in [0.4, 0.5) is 0 Å². The van der Waals surface area contributed by atoms with Crippen LogP contribution in [0.2, 0.25) is 0 Å². The van der Waals surface area contributed by atoms with Crippen LogP contribution in [0.3, 0.4) is 0 Å². The van der Waals surface area contributed by atoms with Crippen molar-refractivity contribution in [2.45, 2.75) is 38.3 Å². The molecule has 1 aromatic rings. The van der Waals surface area contributed by atoms with Crippen molar-refractivity contribution in [2.24, 2.45) is 11.7 Å². The summed E-state index contributed by atoms with van der Waals surface area (Å²) in [7, 11) is 0. The summed E-state index contributed by atoms with van der Waals surface area (Å²) in [5.41, 5.74) is 5.80. The van der Waals surface area contributed by atoms with Crippen molar-refractivity contribution in [1.82, 2.24) is 15.0 Å². The van der Waals surface area contributed by atoms with E-state index in [0.29, 0.717) is 24.2 Å². The summed E-state index contributed by atoms with van der Waals surface area (Å²) in [5.74, 6) is 1.65. The number of likely N-dealkylation sites (N-methyl/N-ethyl adjacent to an activating group) is 1. The summed E-state index contributed by atoms with van der Waals surface area (Å²) < 4.78 is 11.1. The van der Waals surface area contributed by atoms with Crippen LogP contribution < -0.4 is 5.73 Å². The summed E-state index contributed by atoms with van der Waals surface area (Å²) >= 11 is 0. The lowest BCUT2D eigenvalue weighted by atomic mass is 9.97. The van der Waals surface area contributed by atoms with Gasteiger partial charge >= 0.3 is 0 Å². The van der Waals surface area contributed by atoms with E-state index < -0.39 is 5.54 Å². The Kier molecular flexibility index (Phi) is 3.32. The molecule has 3 rings (SSSR count). The molecule has 2 fully saturated rings. The molecule has 6 heteroatoms. The molecule has 2 heterocycles. The number of ether oxygens (including phenoxy) is 1. The number of hydrogen-bond donors (Lipinski definition) is 1. The predicted octanol–water partition coefficient (Wildman–Crippen LogP) is 1.05. The Labute approximate surface area is 113 Å². The largest absolute Gasteiger partial charge is 0.367 e. The number of nitrogens with two attached hydrogens (primary N) is 1. The first-order valence-corrected chi connectivity index (χ1v) is 7.08. The van der Waals surface area contributed by atoms with E-state index in [1.807, 2.05) is 6.92 Å². The molecular weight excluding hydrogens is 244 g/mol. The second kappa shape index (κ2) is 4.85. The van der Waals surface area contributed by atoms with Gasteiger partial charge in [0.2, 0.25) is 11.7 Å². The fourth-order valence-electron chi connectivity index (χ4n) is 2.59. The normalized spacial score (nSPS) is 28.3. The lowest BCUT2D eigenvalue weighted by Crippen LogP contribution is -2.38.